The molecule has 0 fully saturated rings. The average Bonchev–Trinajstić information content (AvgIpc) is 1.89. The van der Waals surface area contributed by atoms with Gasteiger partial charge >= 0.3 is 0 Å². The smallest absolute Gasteiger partial charge is 0.0137 e. The van der Waals surface area contributed by atoms with Crippen LogP contribution in [0.3, 0.4) is 0 Å². The van der Waals surface area contributed by atoms with Crippen LogP contribution in [0.15, 0.2) is 11.6 Å². The van der Waals surface area contributed by atoms with Crippen molar-refractivity contribution >= 4 is 23.5 Å². The monoisotopic (exact) mass is 176 g/mol. The summed E-state index contributed by atoms with van der Waals surface area (Å²) in [5.74, 6) is 2.44. The molecule has 10 heavy (non-hydrogen) atoms. The summed E-state index contributed by atoms with van der Waals surface area (Å²) in [4.78, 5) is 0. The first kappa shape index (κ1) is 10.4. The van der Waals surface area contributed by atoms with Gasteiger partial charge in [-0.15, -0.1) is 0 Å². The SMILES string of the molecule is CSCCC=C(C)CSC. The molecule has 0 radical (unpaired) electrons. The summed E-state index contributed by atoms with van der Waals surface area (Å²) in [6.45, 7) is 2.21. The van der Waals surface area contributed by atoms with Crippen molar-refractivity contribution < 1.29 is 0 Å². The lowest BCUT2D eigenvalue weighted by Crippen LogP contribution is -1.81. The zero-order chi connectivity index (χ0) is 7.82. The van der Waals surface area contributed by atoms with E-state index in [0.29, 0.717) is 0 Å². The van der Waals surface area contributed by atoms with E-state index in [9.17, 15) is 0 Å². The first-order valence-corrected chi connectivity index (χ1v) is 6.23. The molecule has 0 atom stereocenters. The molecule has 0 aromatic heterocycles. The number of hydrogen-bond acceptors (Lipinski definition) is 2. The van der Waals surface area contributed by atoms with Crippen LogP contribution in [-0.2, 0) is 0 Å². The van der Waals surface area contributed by atoms with Gasteiger partial charge in [0.15, 0.2) is 0 Å². The molecular weight excluding hydrogens is 160 g/mol. The summed E-state index contributed by atoms with van der Waals surface area (Å²) >= 11 is 3.80. The Labute approximate surface area is 72.9 Å². The van der Waals surface area contributed by atoms with Gasteiger partial charge in [-0.2, -0.15) is 23.5 Å². The molecule has 0 spiro atoms. The second kappa shape index (κ2) is 7.55. The molecule has 2 heteroatoms. The van der Waals surface area contributed by atoms with Crippen molar-refractivity contribution in [3.8, 4) is 0 Å². The Balaban J connectivity index is 3.28. The van der Waals surface area contributed by atoms with Crippen LogP contribution in [0.25, 0.3) is 0 Å². The Morgan fingerprint density at radius 2 is 2.00 bits per heavy atom. The summed E-state index contributed by atoms with van der Waals surface area (Å²) in [6.07, 6.45) is 7.87. The lowest BCUT2D eigenvalue weighted by Gasteiger charge is -1.96. The Morgan fingerprint density at radius 3 is 2.50 bits per heavy atom. The normalized spacial score (nSPS) is 12.1. The van der Waals surface area contributed by atoms with Gasteiger partial charge in [0, 0.05) is 5.75 Å². The van der Waals surface area contributed by atoms with Gasteiger partial charge in [0.2, 0.25) is 0 Å². The van der Waals surface area contributed by atoms with E-state index >= 15 is 0 Å². The molecule has 0 nitrogen and oxygen atoms in total. The highest BCUT2D eigenvalue weighted by molar-refractivity contribution is 7.98. The largest absolute Gasteiger partial charge is 0.165 e. The van der Waals surface area contributed by atoms with Gasteiger partial charge in [-0.1, -0.05) is 11.6 Å². The van der Waals surface area contributed by atoms with Crippen LogP contribution in [0.4, 0.5) is 0 Å². The van der Waals surface area contributed by atoms with Gasteiger partial charge in [0.05, 0.1) is 0 Å². The third-order valence-electron chi connectivity index (χ3n) is 1.19. The Morgan fingerprint density at radius 1 is 1.30 bits per heavy atom. The molecule has 0 heterocycles. The molecular formula is C8H16S2. The quantitative estimate of drug-likeness (QED) is 0.466. The third kappa shape index (κ3) is 6.56. The molecule has 0 N–H and O–H groups in total. The van der Waals surface area contributed by atoms with E-state index < -0.39 is 0 Å². The van der Waals surface area contributed by atoms with Crippen LogP contribution < -0.4 is 0 Å². The summed E-state index contributed by atoms with van der Waals surface area (Å²) in [5, 5.41) is 0. The van der Waals surface area contributed by atoms with Gasteiger partial charge in [0.1, 0.15) is 0 Å². The van der Waals surface area contributed by atoms with Crippen molar-refractivity contribution in [1.29, 1.82) is 0 Å². The second-order valence-electron chi connectivity index (χ2n) is 2.26. The van der Waals surface area contributed by atoms with E-state index in [2.05, 4.69) is 25.5 Å². The lowest BCUT2D eigenvalue weighted by molar-refractivity contribution is 1.20. The predicted octanol–water partition coefficient (Wildman–Crippen LogP) is 3.05. The van der Waals surface area contributed by atoms with Gasteiger partial charge < -0.3 is 0 Å². The summed E-state index contributed by atoms with van der Waals surface area (Å²) in [7, 11) is 0. The molecule has 0 saturated heterocycles. The minimum atomic E-state index is 1.19. The average molecular weight is 176 g/mol. The van der Waals surface area contributed by atoms with Crippen LogP contribution in [0.2, 0.25) is 0 Å². The molecule has 0 aliphatic rings. The Hall–Kier alpha value is 0.440. The molecule has 60 valence electrons. The maximum Gasteiger partial charge on any atom is 0.0137 e. The molecule has 0 saturated carbocycles. The van der Waals surface area contributed by atoms with Gasteiger partial charge in [-0.05, 0) is 31.6 Å². The number of hydrogen-bond donors (Lipinski definition) is 0. The molecule has 0 aliphatic heterocycles. The maximum atomic E-state index is 2.34. The molecule has 0 aromatic carbocycles. The Kier molecular flexibility index (Phi) is 7.88. The number of allylic oxidation sites excluding steroid dienone is 1. The zero-order valence-electron chi connectivity index (χ0n) is 7.02. The van der Waals surface area contributed by atoms with E-state index in [1.54, 1.807) is 0 Å². The maximum absolute atomic E-state index is 2.34. The zero-order valence-corrected chi connectivity index (χ0v) is 8.65. The van der Waals surface area contributed by atoms with Crippen molar-refractivity contribution in [2.24, 2.45) is 0 Å². The van der Waals surface area contributed by atoms with Crippen molar-refractivity contribution in [2.75, 3.05) is 24.0 Å². The van der Waals surface area contributed by atoms with E-state index in [0.717, 1.165) is 0 Å². The first-order chi connectivity index (χ1) is 4.81. The molecule has 0 rings (SSSR count). The molecule has 0 aliphatic carbocycles. The third-order valence-corrected chi connectivity index (χ3v) is 2.57. The van der Waals surface area contributed by atoms with Gasteiger partial charge in [-0.3, -0.25) is 0 Å². The highest BCUT2D eigenvalue weighted by atomic mass is 32.2. The highest BCUT2D eigenvalue weighted by Gasteiger charge is 1.85. The fourth-order valence-corrected chi connectivity index (χ4v) is 1.64. The van der Waals surface area contributed by atoms with Crippen LogP contribution in [0.1, 0.15) is 13.3 Å². The van der Waals surface area contributed by atoms with Gasteiger partial charge in [-0.25, -0.2) is 0 Å². The molecule has 0 aromatic rings. The van der Waals surface area contributed by atoms with Crippen LogP contribution in [-0.4, -0.2) is 24.0 Å². The van der Waals surface area contributed by atoms with E-state index in [1.165, 1.54) is 23.5 Å². The van der Waals surface area contributed by atoms with Crippen molar-refractivity contribution in [2.45, 2.75) is 13.3 Å². The summed E-state index contributed by atoms with van der Waals surface area (Å²) in [6, 6.07) is 0. The first-order valence-electron chi connectivity index (χ1n) is 3.44. The fraction of sp³-hybridized carbons (Fsp3) is 0.750. The standard InChI is InChI=1S/C8H16S2/c1-8(7-10-3)5-4-6-9-2/h5H,4,6-7H2,1-3H3. The second-order valence-corrected chi connectivity index (χ2v) is 4.12. The minimum Gasteiger partial charge on any atom is -0.165 e. The molecule has 0 bridgehead atoms. The minimum absolute atomic E-state index is 1.19. The molecule has 0 unspecified atom stereocenters. The number of rotatable bonds is 5. The summed E-state index contributed by atoms with van der Waals surface area (Å²) < 4.78 is 0. The van der Waals surface area contributed by atoms with E-state index in [4.69, 9.17) is 0 Å². The van der Waals surface area contributed by atoms with E-state index in [1.807, 2.05) is 23.5 Å². The summed E-state index contributed by atoms with van der Waals surface area (Å²) in [5.41, 5.74) is 1.52. The number of thioether (sulfide) groups is 2. The Bertz CT molecular complexity index is 97.4. The van der Waals surface area contributed by atoms with Crippen LogP contribution in [0.5, 0.6) is 0 Å². The van der Waals surface area contributed by atoms with Crippen LogP contribution >= 0.6 is 23.5 Å². The topological polar surface area (TPSA) is 0 Å². The van der Waals surface area contributed by atoms with E-state index in [-0.39, 0.29) is 0 Å². The lowest BCUT2D eigenvalue weighted by atomic mass is 10.3. The van der Waals surface area contributed by atoms with Crippen molar-refractivity contribution in [1.82, 2.24) is 0 Å². The van der Waals surface area contributed by atoms with Crippen LogP contribution in [0, 0.1) is 0 Å². The van der Waals surface area contributed by atoms with Gasteiger partial charge in [0.25, 0.3) is 0 Å². The highest BCUT2D eigenvalue weighted by Crippen LogP contribution is 2.05. The molecule has 0 amide bonds. The van der Waals surface area contributed by atoms with Crippen molar-refractivity contribution in [3.63, 3.8) is 0 Å². The fourth-order valence-electron chi connectivity index (χ4n) is 0.710. The van der Waals surface area contributed by atoms with Crippen molar-refractivity contribution in [3.05, 3.63) is 11.6 Å². The predicted molar refractivity (Wildman–Crippen MR) is 55.1 cm³/mol.